The van der Waals surface area contributed by atoms with Gasteiger partial charge in [0.25, 0.3) is 0 Å². The van der Waals surface area contributed by atoms with Crippen LogP contribution >= 0.6 is 0 Å². The number of sulfonamides is 1. The average molecular weight is 301 g/mol. The molecule has 0 spiro atoms. The summed E-state index contributed by atoms with van der Waals surface area (Å²) in [7, 11) is -3.09. The quantitative estimate of drug-likeness (QED) is 0.758. The fourth-order valence-corrected chi connectivity index (χ4v) is 4.77. The first kappa shape index (κ1) is 14.8. The van der Waals surface area contributed by atoms with Crippen molar-refractivity contribution in [3.63, 3.8) is 0 Å². The molecule has 0 N–H and O–H groups in total. The Kier molecular flexibility index (Phi) is 3.64. The lowest BCUT2D eigenvalue weighted by Crippen LogP contribution is -2.70. The largest absolute Gasteiger partial charge is 0.300 e. The first-order valence-electron chi connectivity index (χ1n) is 7.70. The van der Waals surface area contributed by atoms with E-state index in [1.807, 2.05) is 0 Å². The molecule has 1 atom stereocenters. The van der Waals surface area contributed by atoms with Gasteiger partial charge in [0.05, 0.1) is 6.26 Å². The van der Waals surface area contributed by atoms with E-state index in [4.69, 9.17) is 0 Å². The van der Waals surface area contributed by atoms with Crippen molar-refractivity contribution >= 4 is 10.0 Å². The Labute approximate surface area is 123 Å². The molecule has 0 unspecified atom stereocenters. The van der Waals surface area contributed by atoms with E-state index in [9.17, 15) is 8.42 Å². The molecule has 2 heterocycles. The standard InChI is InChI=1S/C14H27N3O2S/c1-14(2)11-16(20(3,18)19)10-13-9-15(6-7-17(13)14)8-12-4-5-12/h12-13H,4-11H2,1-3H3/t13-/m0/s1. The summed E-state index contributed by atoms with van der Waals surface area (Å²) in [6, 6.07) is 0.348. The minimum atomic E-state index is -3.09. The summed E-state index contributed by atoms with van der Waals surface area (Å²) in [6.07, 6.45) is 4.10. The molecular formula is C14H27N3O2S. The van der Waals surface area contributed by atoms with E-state index in [0.717, 1.165) is 25.6 Å². The normalized spacial score (nSPS) is 33.0. The second-order valence-corrected chi connectivity index (χ2v) is 9.40. The van der Waals surface area contributed by atoms with E-state index >= 15 is 0 Å². The van der Waals surface area contributed by atoms with E-state index in [-0.39, 0.29) is 5.54 Å². The molecular weight excluding hydrogens is 274 g/mol. The summed E-state index contributed by atoms with van der Waals surface area (Å²) < 4.78 is 25.5. The second-order valence-electron chi connectivity index (χ2n) is 7.42. The molecule has 116 valence electrons. The molecule has 0 radical (unpaired) electrons. The Hall–Kier alpha value is -0.170. The molecule has 0 aromatic rings. The Morgan fingerprint density at radius 2 is 1.85 bits per heavy atom. The molecule has 20 heavy (non-hydrogen) atoms. The Bertz CT molecular complexity index is 473. The lowest BCUT2D eigenvalue weighted by Gasteiger charge is -2.55. The Balaban J connectivity index is 1.72. The lowest BCUT2D eigenvalue weighted by atomic mass is 9.94. The summed E-state index contributed by atoms with van der Waals surface area (Å²) in [5, 5.41) is 0. The second kappa shape index (κ2) is 4.93. The van der Waals surface area contributed by atoms with Crippen molar-refractivity contribution in [3.8, 4) is 0 Å². The zero-order valence-corrected chi connectivity index (χ0v) is 13.7. The van der Waals surface area contributed by atoms with Gasteiger partial charge in [-0.3, -0.25) is 4.90 Å². The number of fused-ring (bicyclic) bond motifs is 1. The fraction of sp³-hybridized carbons (Fsp3) is 1.00. The predicted octanol–water partition coefficient (Wildman–Crippen LogP) is 0.436. The van der Waals surface area contributed by atoms with Gasteiger partial charge in [0.2, 0.25) is 10.0 Å². The van der Waals surface area contributed by atoms with Crippen molar-refractivity contribution in [1.29, 1.82) is 0 Å². The molecule has 5 nitrogen and oxygen atoms in total. The van der Waals surface area contributed by atoms with Gasteiger partial charge >= 0.3 is 0 Å². The first-order valence-corrected chi connectivity index (χ1v) is 9.55. The molecule has 3 fully saturated rings. The predicted molar refractivity (Wildman–Crippen MR) is 80.2 cm³/mol. The third kappa shape index (κ3) is 3.03. The van der Waals surface area contributed by atoms with Crippen LogP contribution in [-0.2, 0) is 10.0 Å². The summed E-state index contributed by atoms with van der Waals surface area (Å²) >= 11 is 0. The van der Waals surface area contributed by atoms with Gasteiger partial charge in [-0.2, -0.15) is 4.31 Å². The average Bonchev–Trinajstić information content (AvgIpc) is 3.10. The number of piperazine rings is 2. The van der Waals surface area contributed by atoms with Crippen LogP contribution in [0.4, 0.5) is 0 Å². The van der Waals surface area contributed by atoms with Crippen LogP contribution in [0, 0.1) is 5.92 Å². The molecule has 0 aromatic heterocycles. The summed E-state index contributed by atoms with van der Waals surface area (Å²) in [5.41, 5.74) is -0.0579. The van der Waals surface area contributed by atoms with Crippen molar-refractivity contribution in [3.05, 3.63) is 0 Å². The van der Waals surface area contributed by atoms with Crippen LogP contribution in [0.5, 0.6) is 0 Å². The van der Waals surface area contributed by atoms with Crippen LogP contribution in [0.2, 0.25) is 0 Å². The van der Waals surface area contributed by atoms with Crippen molar-refractivity contribution in [2.75, 3.05) is 45.5 Å². The maximum Gasteiger partial charge on any atom is 0.211 e. The summed E-state index contributed by atoms with van der Waals surface area (Å²) in [5.74, 6) is 0.907. The van der Waals surface area contributed by atoms with Crippen LogP contribution in [0.15, 0.2) is 0 Å². The van der Waals surface area contributed by atoms with Crippen LogP contribution in [0.25, 0.3) is 0 Å². The maximum atomic E-state index is 11.9. The van der Waals surface area contributed by atoms with E-state index < -0.39 is 10.0 Å². The SMILES string of the molecule is CC1(C)CN(S(C)(=O)=O)C[C@@H]2CN(CC3CC3)CCN21. The fourth-order valence-electron chi connectivity index (χ4n) is 3.78. The molecule has 3 rings (SSSR count). The molecule has 1 saturated carbocycles. The van der Waals surface area contributed by atoms with Crippen molar-refractivity contribution in [2.24, 2.45) is 5.92 Å². The molecule has 2 saturated heterocycles. The van der Waals surface area contributed by atoms with E-state index in [1.54, 1.807) is 4.31 Å². The minimum Gasteiger partial charge on any atom is -0.300 e. The Morgan fingerprint density at radius 1 is 1.15 bits per heavy atom. The first-order chi connectivity index (χ1) is 9.25. The smallest absolute Gasteiger partial charge is 0.211 e. The van der Waals surface area contributed by atoms with Gasteiger partial charge < -0.3 is 4.90 Å². The van der Waals surface area contributed by atoms with Crippen molar-refractivity contribution in [2.45, 2.75) is 38.3 Å². The van der Waals surface area contributed by atoms with Crippen LogP contribution < -0.4 is 0 Å². The van der Waals surface area contributed by atoms with Gasteiger partial charge in [-0.15, -0.1) is 0 Å². The molecule has 3 aliphatic rings. The third-order valence-corrected chi connectivity index (χ3v) is 6.22. The molecule has 1 aliphatic carbocycles. The van der Waals surface area contributed by atoms with Crippen LogP contribution in [0.1, 0.15) is 26.7 Å². The highest BCUT2D eigenvalue weighted by Gasteiger charge is 2.45. The molecule has 6 heteroatoms. The number of hydrogen-bond acceptors (Lipinski definition) is 4. The molecule has 0 bridgehead atoms. The number of nitrogens with zero attached hydrogens (tertiary/aromatic N) is 3. The highest BCUT2D eigenvalue weighted by Crippen LogP contribution is 2.33. The minimum absolute atomic E-state index is 0.0579. The van der Waals surface area contributed by atoms with Crippen molar-refractivity contribution in [1.82, 2.24) is 14.1 Å². The van der Waals surface area contributed by atoms with Gasteiger partial charge in [0, 0.05) is 50.8 Å². The van der Waals surface area contributed by atoms with Gasteiger partial charge in [0.15, 0.2) is 0 Å². The van der Waals surface area contributed by atoms with Gasteiger partial charge in [-0.25, -0.2) is 8.42 Å². The number of hydrogen-bond donors (Lipinski definition) is 0. The van der Waals surface area contributed by atoms with Crippen molar-refractivity contribution < 1.29 is 8.42 Å². The zero-order chi connectivity index (χ0) is 14.5. The van der Waals surface area contributed by atoms with E-state index in [0.29, 0.717) is 19.1 Å². The van der Waals surface area contributed by atoms with Crippen LogP contribution in [0.3, 0.4) is 0 Å². The van der Waals surface area contributed by atoms with Gasteiger partial charge in [-0.1, -0.05) is 0 Å². The lowest BCUT2D eigenvalue weighted by molar-refractivity contribution is -0.0437. The van der Waals surface area contributed by atoms with Gasteiger partial charge in [-0.05, 0) is 32.6 Å². The third-order valence-electron chi connectivity index (χ3n) is 5.00. The van der Waals surface area contributed by atoms with E-state index in [1.165, 1.54) is 25.6 Å². The maximum absolute atomic E-state index is 11.9. The highest BCUT2D eigenvalue weighted by molar-refractivity contribution is 7.88. The molecule has 0 aromatic carbocycles. The topological polar surface area (TPSA) is 43.9 Å². The molecule has 0 amide bonds. The van der Waals surface area contributed by atoms with Crippen LogP contribution in [-0.4, -0.2) is 79.6 Å². The number of rotatable bonds is 3. The monoisotopic (exact) mass is 301 g/mol. The summed E-state index contributed by atoms with van der Waals surface area (Å²) in [6.45, 7) is 10.1. The summed E-state index contributed by atoms with van der Waals surface area (Å²) in [4.78, 5) is 5.07. The zero-order valence-electron chi connectivity index (χ0n) is 12.9. The highest BCUT2D eigenvalue weighted by atomic mass is 32.2. The van der Waals surface area contributed by atoms with Gasteiger partial charge in [0.1, 0.15) is 0 Å². The Morgan fingerprint density at radius 3 is 2.45 bits per heavy atom. The van der Waals surface area contributed by atoms with E-state index in [2.05, 4.69) is 23.6 Å². The molecule has 2 aliphatic heterocycles.